The van der Waals surface area contributed by atoms with E-state index in [1.165, 1.54) is 0 Å². The second-order valence-corrected chi connectivity index (χ2v) is 6.97. The Hall–Kier alpha value is -1.72. The van der Waals surface area contributed by atoms with E-state index in [1.807, 2.05) is 42.6 Å². The molecule has 0 radical (unpaired) electrons. The number of ether oxygens (including phenoxy) is 1. The molecule has 1 amide bonds. The lowest BCUT2D eigenvalue weighted by atomic mass is 9.98. The molecule has 0 bridgehead atoms. The van der Waals surface area contributed by atoms with E-state index >= 15 is 0 Å². The zero-order chi connectivity index (χ0) is 16.1. The summed E-state index contributed by atoms with van der Waals surface area (Å²) in [7, 11) is 0. The molecule has 1 saturated carbocycles. The van der Waals surface area contributed by atoms with Crippen LogP contribution in [0.5, 0.6) is 0 Å². The predicted octanol–water partition coefficient (Wildman–Crippen LogP) is 3.55. The van der Waals surface area contributed by atoms with Crippen LogP contribution in [-0.2, 0) is 21.7 Å². The van der Waals surface area contributed by atoms with Crippen molar-refractivity contribution in [3.63, 3.8) is 0 Å². The van der Waals surface area contributed by atoms with Crippen LogP contribution < -0.4 is 5.32 Å². The lowest BCUT2D eigenvalue weighted by Gasteiger charge is -2.28. The number of nitrogens with zero attached hydrogens (tertiary/aromatic N) is 1. The summed E-state index contributed by atoms with van der Waals surface area (Å²) in [5, 5.41) is 6.27. The van der Waals surface area contributed by atoms with Crippen LogP contribution in [-0.4, -0.2) is 17.5 Å². The van der Waals surface area contributed by atoms with E-state index < -0.39 is 0 Å². The highest BCUT2D eigenvalue weighted by Gasteiger charge is 2.39. The van der Waals surface area contributed by atoms with Crippen LogP contribution in [0.25, 0.3) is 0 Å². The first kappa shape index (κ1) is 16.1. The number of nitrogens with one attached hydrogen (secondary N) is 1. The highest BCUT2D eigenvalue weighted by molar-refractivity contribution is 7.09. The second kappa shape index (κ2) is 7.23. The van der Waals surface area contributed by atoms with Crippen molar-refractivity contribution in [2.24, 2.45) is 0 Å². The molecule has 1 aromatic heterocycles. The maximum absolute atomic E-state index is 12.3. The highest BCUT2D eigenvalue weighted by Crippen LogP contribution is 2.40. The molecule has 1 aliphatic carbocycles. The van der Waals surface area contributed by atoms with Gasteiger partial charge in [-0.3, -0.25) is 4.79 Å². The quantitative estimate of drug-likeness (QED) is 0.881. The van der Waals surface area contributed by atoms with Crippen LogP contribution >= 0.6 is 11.3 Å². The van der Waals surface area contributed by atoms with Crippen molar-refractivity contribution < 1.29 is 9.53 Å². The van der Waals surface area contributed by atoms with Crippen LogP contribution in [0.2, 0.25) is 0 Å². The summed E-state index contributed by atoms with van der Waals surface area (Å²) in [5.74, 6) is -0.0596. The Morgan fingerprint density at radius 1 is 1.30 bits per heavy atom. The van der Waals surface area contributed by atoms with E-state index in [9.17, 15) is 4.79 Å². The molecular formula is C18H22N2O2S. The Morgan fingerprint density at radius 2 is 2.04 bits per heavy atom. The summed E-state index contributed by atoms with van der Waals surface area (Å²) in [6.07, 6.45) is 4.18. The SMILES string of the molecule is Cc1csc(C2(NC(=O)COCc3ccccc3)CCCC2)n1. The largest absolute Gasteiger partial charge is 0.367 e. The van der Waals surface area contributed by atoms with Gasteiger partial charge in [-0.1, -0.05) is 43.2 Å². The van der Waals surface area contributed by atoms with Gasteiger partial charge >= 0.3 is 0 Å². The van der Waals surface area contributed by atoms with Crippen molar-refractivity contribution in [1.29, 1.82) is 0 Å². The predicted molar refractivity (Wildman–Crippen MR) is 91.2 cm³/mol. The van der Waals surface area contributed by atoms with Crippen molar-refractivity contribution in [2.45, 2.75) is 44.8 Å². The molecule has 0 saturated heterocycles. The van der Waals surface area contributed by atoms with E-state index in [2.05, 4.69) is 10.3 Å². The minimum Gasteiger partial charge on any atom is -0.367 e. The van der Waals surface area contributed by atoms with Gasteiger partial charge in [0.05, 0.1) is 12.1 Å². The van der Waals surface area contributed by atoms with Gasteiger partial charge in [-0.15, -0.1) is 11.3 Å². The average molecular weight is 330 g/mol. The Balaban J connectivity index is 1.57. The second-order valence-electron chi connectivity index (χ2n) is 6.11. The monoisotopic (exact) mass is 330 g/mol. The van der Waals surface area contributed by atoms with E-state index in [0.717, 1.165) is 41.9 Å². The van der Waals surface area contributed by atoms with Crippen molar-refractivity contribution in [2.75, 3.05) is 6.61 Å². The molecule has 2 aromatic rings. The number of thiazole rings is 1. The van der Waals surface area contributed by atoms with Gasteiger partial charge in [0, 0.05) is 11.1 Å². The van der Waals surface area contributed by atoms with Gasteiger partial charge in [-0.25, -0.2) is 4.98 Å². The molecule has 23 heavy (non-hydrogen) atoms. The summed E-state index contributed by atoms with van der Waals surface area (Å²) < 4.78 is 5.55. The van der Waals surface area contributed by atoms with Gasteiger partial charge in [-0.05, 0) is 25.3 Å². The van der Waals surface area contributed by atoms with E-state index in [1.54, 1.807) is 11.3 Å². The lowest BCUT2D eigenvalue weighted by molar-refractivity contribution is -0.128. The fourth-order valence-electron chi connectivity index (χ4n) is 3.08. The van der Waals surface area contributed by atoms with Gasteiger partial charge < -0.3 is 10.1 Å². The third-order valence-corrected chi connectivity index (χ3v) is 5.37. The van der Waals surface area contributed by atoms with Crippen molar-refractivity contribution >= 4 is 17.2 Å². The Morgan fingerprint density at radius 3 is 2.70 bits per heavy atom. The van der Waals surface area contributed by atoms with Crippen LogP contribution in [0.4, 0.5) is 0 Å². The number of benzene rings is 1. The molecule has 4 nitrogen and oxygen atoms in total. The molecule has 3 rings (SSSR count). The average Bonchev–Trinajstić information content (AvgIpc) is 3.18. The van der Waals surface area contributed by atoms with Crippen molar-refractivity contribution in [3.8, 4) is 0 Å². The number of amides is 1. The van der Waals surface area contributed by atoms with E-state index in [4.69, 9.17) is 4.74 Å². The minimum atomic E-state index is -0.286. The molecule has 0 aliphatic heterocycles. The normalized spacial score (nSPS) is 16.4. The van der Waals surface area contributed by atoms with Gasteiger partial charge in [0.15, 0.2) is 0 Å². The first-order valence-electron chi connectivity index (χ1n) is 8.03. The number of aryl methyl sites for hydroxylation is 1. The molecule has 1 aromatic carbocycles. The molecule has 1 N–H and O–H groups in total. The van der Waals surface area contributed by atoms with Crippen LogP contribution in [0.1, 0.15) is 41.9 Å². The van der Waals surface area contributed by atoms with Crippen LogP contribution in [0, 0.1) is 6.92 Å². The Labute approximate surface area is 140 Å². The summed E-state index contributed by atoms with van der Waals surface area (Å²) >= 11 is 1.64. The summed E-state index contributed by atoms with van der Waals surface area (Å²) in [6.45, 7) is 2.53. The summed E-state index contributed by atoms with van der Waals surface area (Å²) in [5.41, 5.74) is 1.81. The molecule has 5 heteroatoms. The van der Waals surface area contributed by atoms with Crippen molar-refractivity contribution in [3.05, 3.63) is 52.0 Å². The molecule has 122 valence electrons. The first-order valence-corrected chi connectivity index (χ1v) is 8.91. The van der Waals surface area contributed by atoms with E-state index in [0.29, 0.717) is 6.61 Å². The number of carbonyl (C=O) groups excluding carboxylic acids is 1. The van der Waals surface area contributed by atoms with Gasteiger partial charge in [0.25, 0.3) is 0 Å². The number of aromatic nitrogens is 1. The minimum absolute atomic E-state index is 0.0596. The zero-order valence-electron chi connectivity index (χ0n) is 13.4. The Bertz CT molecular complexity index is 648. The fraction of sp³-hybridized carbons (Fsp3) is 0.444. The number of rotatable bonds is 6. The molecule has 0 spiro atoms. The number of hydrogen-bond donors (Lipinski definition) is 1. The van der Waals surface area contributed by atoms with E-state index in [-0.39, 0.29) is 18.1 Å². The van der Waals surface area contributed by atoms with Gasteiger partial charge in [-0.2, -0.15) is 0 Å². The van der Waals surface area contributed by atoms with Crippen molar-refractivity contribution in [1.82, 2.24) is 10.3 Å². The summed E-state index contributed by atoms with van der Waals surface area (Å²) in [6, 6.07) is 9.90. The third kappa shape index (κ3) is 3.98. The molecular weight excluding hydrogens is 308 g/mol. The molecule has 1 aliphatic rings. The van der Waals surface area contributed by atoms with Gasteiger partial charge in [0.2, 0.25) is 5.91 Å². The number of hydrogen-bond acceptors (Lipinski definition) is 4. The lowest BCUT2D eigenvalue weighted by Crippen LogP contribution is -2.45. The number of carbonyl (C=O) groups is 1. The zero-order valence-corrected chi connectivity index (χ0v) is 14.2. The smallest absolute Gasteiger partial charge is 0.246 e. The maximum Gasteiger partial charge on any atom is 0.246 e. The Kier molecular flexibility index (Phi) is 5.08. The fourth-order valence-corrected chi connectivity index (χ4v) is 4.10. The van der Waals surface area contributed by atoms with Crippen LogP contribution in [0.15, 0.2) is 35.7 Å². The topological polar surface area (TPSA) is 51.2 Å². The maximum atomic E-state index is 12.3. The van der Waals surface area contributed by atoms with Gasteiger partial charge in [0.1, 0.15) is 11.6 Å². The molecule has 1 heterocycles. The van der Waals surface area contributed by atoms with Crippen LogP contribution in [0.3, 0.4) is 0 Å². The first-order chi connectivity index (χ1) is 11.2. The standard InChI is InChI=1S/C18H22N2O2S/c1-14-13-23-17(19-14)18(9-5-6-10-18)20-16(21)12-22-11-15-7-3-2-4-8-15/h2-4,7-8,13H,5-6,9-12H2,1H3,(H,20,21). The molecule has 0 unspecified atom stereocenters. The third-order valence-electron chi connectivity index (χ3n) is 4.21. The molecule has 1 fully saturated rings. The summed E-state index contributed by atoms with van der Waals surface area (Å²) in [4.78, 5) is 16.9. The highest BCUT2D eigenvalue weighted by atomic mass is 32.1. The molecule has 0 atom stereocenters.